The second-order valence-corrected chi connectivity index (χ2v) is 6.08. The van der Waals surface area contributed by atoms with E-state index >= 15 is 0 Å². The Morgan fingerprint density at radius 2 is 1.83 bits per heavy atom. The van der Waals surface area contributed by atoms with Crippen molar-refractivity contribution in [1.29, 1.82) is 0 Å². The molecular weight excluding hydrogens is 288 g/mol. The van der Waals surface area contributed by atoms with Gasteiger partial charge in [0.2, 0.25) is 0 Å². The fourth-order valence-corrected chi connectivity index (χ4v) is 2.02. The van der Waals surface area contributed by atoms with Crippen molar-refractivity contribution in [2.45, 2.75) is 33.7 Å². The Kier molecular flexibility index (Phi) is 6.09. The van der Waals surface area contributed by atoms with E-state index in [2.05, 4.69) is 34.7 Å². The highest BCUT2D eigenvalue weighted by Gasteiger charge is 2.08. The van der Waals surface area contributed by atoms with Crippen LogP contribution in [0.3, 0.4) is 0 Å². The zero-order valence-electron chi connectivity index (χ0n) is 14.0. The summed E-state index contributed by atoms with van der Waals surface area (Å²) in [6, 6.07) is 11.5. The molecule has 0 radical (unpaired) electrons. The number of nitrogens with one attached hydrogen (secondary N) is 2. The van der Waals surface area contributed by atoms with Crippen LogP contribution < -0.4 is 10.6 Å². The third kappa shape index (κ3) is 5.70. The van der Waals surface area contributed by atoms with Gasteiger partial charge in [0.15, 0.2) is 5.69 Å². The zero-order valence-corrected chi connectivity index (χ0v) is 14.0. The van der Waals surface area contributed by atoms with Crippen LogP contribution in [0.5, 0.6) is 0 Å². The monoisotopic (exact) mass is 312 g/mol. The molecule has 122 valence electrons. The molecule has 1 heterocycles. The number of carbonyl (C=O) groups excluding carboxylic acids is 1. The Morgan fingerprint density at radius 3 is 2.43 bits per heavy atom. The minimum atomic E-state index is -0.216. The molecule has 0 aliphatic rings. The van der Waals surface area contributed by atoms with Crippen LogP contribution in [0, 0.1) is 12.8 Å². The van der Waals surface area contributed by atoms with E-state index < -0.39 is 0 Å². The van der Waals surface area contributed by atoms with Crippen molar-refractivity contribution in [3.05, 3.63) is 53.2 Å². The van der Waals surface area contributed by atoms with Gasteiger partial charge in [-0.3, -0.25) is 4.79 Å². The lowest BCUT2D eigenvalue weighted by Gasteiger charge is -2.08. The van der Waals surface area contributed by atoms with Crippen molar-refractivity contribution >= 4 is 11.7 Å². The molecule has 5 heteroatoms. The van der Waals surface area contributed by atoms with Gasteiger partial charge in [-0.2, -0.15) is 0 Å². The van der Waals surface area contributed by atoms with Crippen molar-refractivity contribution in [2.24, 2.45) is 5.92 Å². The molecule has 1 aromatic heterocycles. The molecule has 0 saturated heterocycles. The number of aryl methyl sites for hydroxylation is 1. The summed E-state index contributed by atoms with van der Waals surface area (Å²) in [5, 5.41) is 14.1. The maximum absolute atomic E-state index is 12.1. The van der Waals surface area contributed by atoms with Crippen molar-refractivity contribution in [1.82, 2.24) is 15.5 Å². The lowest BCUT2D eigenvalue weighted by molar-refractivity contribution is 0.0945. The van der Waals surface area contributed by atoms with Gasteiger partial charge in [-0.05, 0) is 37.0 Å². The van der Waals surface area contributed by atoms with Crippen LogP contribution >= 0.6 is 0 Å². The molecule has 2 aromatic rings. The molecule has 0 atom stereocenters. The van der Waals surface area contributed by atoms with Crippen molar-refractivity contribution < 1.29 is 4.79 Å². The first-order valence-corrected chi connectivity index (χ1v) is 7.96. The molecular formula is C18H24N4O. The molecule has 0 unspecified atom stereocenters. The van der Waals surface area contributed by atoms with Crippen LogP contribution in [-0.2, 0) is 6.54 Å². The van der Waals surface area contributed by atoms with Crippen LogP contribution in [0.15, 0.2) is 36.4 Å². The lowest BCUT2D eigenvalue weighted by Crippen LogP contribution is -2.24. The van der Waals surface area contributed by atoms with Gasteiger partial charge in [0, 0.05) is 13.1 Å². The quantitative estimate of drug-likeness (QED) is 0.824. The summed E-state index contributed by atoms with van der Waals surface area (Å²) in [7, 11) is 0. The predicted octanol–water partition coefficient (Wildman–Crippen LogP) is 3.17. The van der Waals surface area contributed by atoms with E-state index in [4.69, 9.17) is 0 Å². The first kappa shape index (κ1) is 16.9. The SMILES string of the molecule is Cc1ccc(CNC(=O)c2ccc(NCCC(C)C)nn2)cc1. The number of amides is 1. The molecule has 5 nitrogen and oxygen atoms in total. The first-order chi connectivity index (χ1) is 11.0. The molecule has 0 bridgehead atoms. The molecule has 0 saturated carbocycles. The number of carbonyl (C=O) groups is 1. The highest BCUT2D eigenvalue weighted by atomic mass is 16.1. The summed E-state index contributed by atoms with van der Waals surface area (Å²) < 4.78 is 0. The average Bonchev–Trinajstić information content (AvgIpc) is 2.54. The van der Waals surface area contributed by atoms with E-state index in [1.54, 1.807) is 12.1 Å². The molecule has 1 aromatic carbocycles. The Balaban J connectivity index is 1.83. The first-order valence-electron chi connectivity index (χ1n) is 7.96. The number of anilines is 1. The smallest absolute Gasteiger partial charge is 0.272 e. The lowest BCUT2D eigenvalue weighted by atomic mass is 10.1. The Labute approximate surface area is 137 Å². The van der Waals surface area contributed by atoms with Crippen LogP contribution in [0.2, 0.25) is 0 Å². The third-order valence-electron chi connectivity index (χ3n) is 3.50. The Bertz CT molecular complexity index is 620. The predicted molar refractivity (Wildman–Crippen MR) is 92.3 cm³/mol. The summed E-state index contributed by atoms with van der Waals surface area (Å²) in [6.07, 6.45) is 1.07. The maximum Gasteiger partial charge on any atom is 0.272 e. The second kappa shape index (κ2) is 8.27. The molecule has 0 aliphatic carbocycles. The molecule has 23 heavy (non-hydrogen) atoms. The van der Waals surface area contributed by atoms with Crippen LogP contribution in [0.25, 0.3) is 0 Å². The van der Waals surface area contributed by atoms with Gasteiger partial charge in [0.05, 0.1) is 0 Å². The van der Waals surface area contributed by atoms with Crippen molar-refractivity contribution in [3.8, 4) is 0 Å². The fourth-order valence-electron chi connectivity index (χ4n) is 2.02. The zero-order chi connectivity index (χ0) is 16.7. The molecule has 2 rings (SSSR count). The van der Waals surface area contributed by atoms with Gasteiger partial charge >= 0.3 is 0 Å². The van der Waals surface area contributed by atoms with E-state index in [-0.39, 0.29) is 5.91 Å². The summed E-state index contributed by atoms with van der Waals surface area (Å²) in [4.78, 5) is 12.1. The number of aromatic nitrogens is 2. The van der Waals surface area contributed by atoms with Gasteiger partial charge in [-0.15, -0.1) is 10.2 Å². The standard InChI is InChI=1S/C18H24N4O/c1-13(2)10-11-19-17-9-8-16(21-22-17)18(23)20-12-15-6-4-14(3)5-7-15/h4-9,13H,10-12H2,1-3H3,(H,19,22)(H,20,23). The minimum Gasteiger partial charge on any atom is -0.369 e. The van der Waals surface area contributed by atoms with Crippen molar-refractivity contribution in [2.75, 3.05) is 11.9 Å². The molecule has 1 amide bonds. The van der Waals surface area contributed by atoms with E-state index in [0.717, 1.165) is 18.5 Å². The van der Waals surface area contributed by atoms with E-state index in [0.29, 0.717) is 24.0 Å². The highest BCUT2D eigenvalue weighted by molar-refractivity contribution is 5.92. The number of hydrogen-bond acceptors (Lipinski definition) is 4. The molecule has 2 N–H and O–H groups in total. The summed E-state index contributed by atoms with van der Waals surface area (Å²) in [5.74, 6) is 1.12. The summed E-state index contributed by atoms with van der Waals surface area (Å²) in [5.41, 5.74) is 2.59. The average molecular weight is 312 g/mol. The van der Waals surface area contributed by atoms with E-state index in [1.165, 1.54) is 5.56 Å². The van der Waals surface area contributed by atoms with Gasteiger partial charge in [0.25, 0.3) is 5.91 Å². The number of nitrogens with zero attached hydrogens (tertiary/aromatic N) is 2. The Hall–Kier alpha value is -2.43. The second-order valence-electron chi connectivity index (χ2n) is 6.08. The minimum absolute atomic E-state index is 0.216. The summed E-state index contributed by atoms with van der Waals surface area (Å²) in [6.45, 7) is 7.72. The van der Waals surface area contributed by atoms with E-state index in [9.17, 15) is 4.79 Å². The topological polar surface area (TPSA) is 66.9 Å². The van der Waals surface area contributed by atoms with Gasteiger partial charge in [0.1, 0.15) is 5.82 Å². The van der Waals surface area contributed by atoms with Gasteiger partial charge in [-0.1, -0.05) is 43.7 Å². The van der Waals surface area contributed by atoms with Crippen LogP contribution in [0.1, 0.15) is 41.9 Å². The Morgan fingerprint density at radius 1 is 1.09 bits per heavy atom. The fraction of sp³-hybridized carbons (Fsp3) is 0.389. The molecule has 0 fully saturated rings. The maximum atomic E-state index is 12.1. The summed E-state index contributed by atoms with van der Waals surface area (Å²) >= 11 is 0. The number of rotatable bonds is 7. The molecule has 0 aliphatic heterocycles. The van der Waals surface area contributed by atoms with Crippen LogP contribution in [-0.4, -0.2) is 22.6 Å². The van der Waals surface area contributed by atoms with Crippen LogP contribution in [0.4, 0.5) is 5.82 Å². The van der Waals surface area contributed by atoms with Crippen molar-refractivity contribution in [3.63, 3.8) is 0 Å². The van der Waals surface area contributed by atoms with Gasteiger partial charge in [-0.25, -0.2) is 0 Å². The third-order valence-corrected chi connectivity index (χ3v) is 3.50. The number of benzene rings is 1. The highest BCUT2D eigenvalue weighted by Crippen LogP contribution is 2.06. The largest absolute Gasteiger partial charge is 0.369 e. The normalized spacial score (nSPS) is 10.6. The number of hydrogen-bond donors (Lipinski definition) is 2. The van der Waals surface area contributed by atoms with Gasteiger partial charge < -0.3 is 10.6 Å². The molecule has 0 spiro atoms. The van der Waals surface area contributed by atoms with E-state index in [1.807, 2.05) is 31.2 Å².